The highest BCUT2D eigenvalue weighted by Crippen LogP contribution is 2.27. The molecular formula is C10H10N2O4. The summed E-state index contributed by atoms with van der Waals surface area (Å²) in [5.74, 6) is 0.171. The Hall–Kier alpha value is -2.13. The van der Waals surface area contributed by atoms with Gasteiger partial charge in [-0.2, -0.15) is 5.26 Å². The summed E-state index contributed by atoms with van der Waals surface area (Å²) in [7, 11) is 0. The maximum Gasteiger partial charge on any atom is 0.290 e. The van der Waals surface area contributed by atoms with Gasteiger partial charge in [0.1, 0.15) is 11.8 Å². The zero-order valence-corrected chi connectivity index (χ0v) is 8.42. The molecule has 16 heavy (non-hydrogen) atoms. The van der Waals surface area contributed by atoms with E-state index in [-0.39, 0.29) is 30.2 Å². The maximum atomic E-state index is 10.6. The molecule has 0 unspecified atom stereocenters. The lowest BCUT2D eigenvalue weighted by Crippen LogP contribution is -2.02. The molecule has 84 valence electrons. The molecule has 1 aromatic rings. The number of rotatable bonds is 5. The molecule has 0 aromatic heterocycles. The van der Waals surface area contributed by atoms with E-state index in [1.807, 2.05) is 0 Å². The fourth-order valence-corrected chi connectivity index (χ4v) is 1.15. The van der Waals surface area contributed by atoms with Crippen molar-refractivity contribution in [2.75, 3.05) is 13.2 Å². The molecule has 0 aliphatic heterocycles. The average molecular weight is 222 g/mol. The number of aliphatic hydroxyl groups is 1. The van der Waals surface area contributed by atoms with Crippen molar-refractivity contribution in [3.8, 4) is 11.8 Å². The van der Waals surface area contributed by atoms with E-state index in [1.165, 1.54) is 18.2 Å². The Kier molecular flexibility index (Phi) is 4.24. The van der Waals surface area contributed by atoms with E-state index in [9.17, 15) is 10.1 Å². The number of ether oxygens (including phenoxy) is 1. The predicted octanol–water partition coefficient (Wildman–Crippen LogP) is 1.23. The van der Waals surface area contributed by atoms with E-state index >= 15 is 0 Å². The number of nitriles is 1. The van der Waals surface area contributed by atoms with Crippen LogP contribution in [0.5, 0.6) is 5.75 Å². The minimum atomic E-state index is -0.628. The van der Waals surface area contributed by atoms with Crippen molar-refractivity contribution in [2.24, 2.45) is 0 Å². The Morgan fingerprint density at radius 2 is 2.31 bits per heavy atom. The Morgan fingerprint density at radius 1 is 1.56 bits per heavy atom. The van der Waals surface area contributed by atoms with Gasteiger partial charge in [-0.25, -0.2) is 0 Å². The zero-order valence-electron chi connectivity index (χ0n) is 8.42. The first-order chi connectivity index (χ1) is 7.70. The smallest absolute Gasteiger partial charge is 0.290 e. The quantitative estimate of drug-likeness (QED) is 0.459. The number of hydrogen-bond donors (Lipinski definition) is 1. The van der Waals surface area contributed by atoms with Gasteiger partial charge >= 0.3 is 0 Å². The Labute approximate surface area is 91.8 Å². The highest BCUT2D eigenvalue weighted by atomic mass is 16.6. The van der Waals surface area contributed by atoms with Crippen LogP contribution < -0.4 is 4.74 Å². The first kappa shape index (κ1) is 11.9. The highest BCUT2D eigenvalue weighted by Gasteiger charge is 2.17. The standard InChI is InChI=1S/C10H10N2O4/c11-7-8-9(12(14)15)3-1-4-10(8)16-6-2-5-13/h1,3-4,13H,2,5-6H2. The van der Waals surface area contributed by atoms with Crippen LogP contribution >= 0.6 is 0 Å². The maximum absolute atomic E-state index is 10.6. The van der Waals surface area contributed by atoms with Crippen molar-refractivity contribution >= 4 is 5.69 Å². The van der Waals surface area contributed by atoms with E-state index in [4.69, 9.17) is 15.1 Å². The van der Waals surface area contributed by atoms with Crippen LogP contribution in [0.15, 0.2) is 18.2 Å². The summed E-state index contributed by atoms with van der Waals surface area (Å²) >= 11 is 0. The molecule has 0 radical (unpaired) electrons. The summed E-state index contributed by atoms with van der Waals surface area (Å²) in [4.78, 5) is 9.99. The van der Waals surface area contributed by atoms with Crippen LogP contribution in [0.1, 0.15) is 12.0 Å². The molecule has 0 amide bonds. The van der Waals surface area contributed by atoms with Crippen LogP contribution in [0, 0.1) is 21.4 Å². The van der Waals surface area contributed by atoms with Gasteiger partial charge < -0.3 is 9.84 Å². The molecule has 0 saturated carbocycles. The Balaban J connectivity index is 2.96. The van der Waals surface area contributed by atoms with Gasteiger partial charge in [-0.1, -0.05) is 6.07 Å². The van der Waals surface area contributed by atoms with Crippen molar-refractivity contribution < 1.29 is 14.8 Å². The molecule has 0 bridgehead atoms. The van der Waals surface area contributed by atoms with Crippen molar-refractivity contribution in [1.82, 2.24) is 0 Å². The molecule has 6 nitrogen and oxygen atoms in total. The second-order valence-electron chi connectivity index (χ2n) is 2.94. The third kappa shape index (κ3) is 2.68. The van der Waals surface area contributed by atoms with E-state index in [0.717, 1.165) is 0 Å². The minimum absolute atomic E-state index is 0.0309. The van der Waals surface area contributed by atoms with Crippen LogP contribution in [-0.2, 0) is 0 Å². The van der Waals surface area contributed by atoms with Gasteiger partial charge in [0.15, 0.2) is 5.56 Å². The zero-order chi connectivity index (χ0) is 12.0. The number of aliphatic hydroxyl groups excluding tert-OH is 1. The Bertz CT molecular complexity index is 425. The molecule has 1 N–H and O–H groups in total. The van der Waals surface area contributed by atoms with Crippen molar-refractivity contribution in [2.45, 2.75) is 6.42 Å². The topological polar surface area (TPSA) is 96.4 Å². The van der Waals surface area contributed by atoms with Gasteiger partial charge in [0, 0.05) is 19.1 Å². The highest BCUT2D eigenvalue weighted by molar-refractivity contribution is 5.56. The summed E-state index contributed by atoms with van der Waals surface area (Å²) in [6, 6.07) is 5.93. The lowest BCUT2D eigenvalue weighted by Gasteiger charge is -2.06. The van der Waals surface area contributed by atoms with E-state index in [0.29, 0.717) is 6.42 Å². The van der Waals surface area contributed by atoms with Crippen LogP contribution in [0.3, 0.4) is 0 Å². The second kappa shape index (κ2) is 5.68. The van der Waals surface area contributed by atoms with Crippen LogP contribution in [0.2, 0.25) is 0 Å². The van der Waals surface area contributed by atoms with Crippen molar-refractivity contribution in [3.05, 3.63) is 33.9 Å². The monoisotopic (exact) mass is 222 g/mol. The normalized spacial score (nSPS) is 9.50. The molecule has 0 aliphatic carbocycles. The van der Waals surface area contributed by atoms with E-state index in [1.54, 1.807) is 6.07 Å². The number of nitro groups is 1. The molecule has 0 aliphatic rings. The summed E-state index contributed by atoms with van der Waals surface area (Å²) in [5, 5.41) is 28.0. The first-order valence-corrected chi connectivity index (χ1v) is 4.62. The molecule has 0 atom stereocenters. The second-order valence-corrected chi connectivity index (χ2v) is 2.94. The first-order valence-electron chi connectivity index (χ1n) is 4.62. The number of nitrogens with zero attached hydrogens (tertiary/aromatic N) is 2. The number of benzene rings is 1. The van der Waals surface area contributed by atoms with Gasteiger partial charge in [0.25, 0.3) is 5.69 Å². The Morgan fingerprint density at radius 3 is 2.88 bits per heavy atom. The molecule has 1 rings (SSSR count). The third-order valence-corrected chi connectivity index (χ3v) is 1.87. The van der Waals surface area contributed by atoms with Crippen LogP contribution in [-0.4, -0.2) is 23.2 Å². The molecule has 0 spiro atoms. The van der Waals surface area contributed by atoms with Crippen LogP contribution in [0.4, 0.5) is 5.69 Å². The molecule has 6 heteroatoms. The van der Waals surface area contributed by atoms with Crippen LogP contribution in [0.25, 0.3) is 0 Å². The number of nitro benzene ring substituents is 1. The molecule has 0 fully saturated rings. The lowest BCUT2D eigenvalue weighted by atomic mass is 10.2. The fraction of sp³-hybridized carbons (Fsp3) is 0.300. The lowest BCUT2D eigenvalue weighted by molar-refractivity contribution is -0.385. The predicted molar refractivity (Wildman–Crippen MR) is 55.0 cm³/mol. The van der Waals surface area contributed by atoms with E-state index in [2.05, 4.69) is 0 Å². The van der Waals surface area contributed by atoms with E-state index < -0.39 is 4.92 Å². The largest absolute Gasteiger partial charge is 0.492 e. The summed E-state index contributed by atoms with van der Waals surface area (Å²) in [6.45, 7) is 0.184. The molecule has 1 aromatic carbocycles. The van der Waals surface area contributed by atoms with Crippen molar-refractivity contribution in [3.63, 3.8) is 0 Å². The molecule has 0 heterocycles. The fourth-order valence-electron chi connectivity index (χ4n) is 1.15. The summed E-state index contributed by atoms with van der Waals surface area (Å²) in [5.41, 5.74) is -0.366. The van der Waals surface area contributed by atoms with Gasteiger partial charge in [-0.15, -0.1) is 0 Å². The summed E-state index contributed by atoms with van der Waals surface area (Å²) in [6.07, 6.45) is 0.410. The molecular weight excluding hydrogens is 212 g/mol. The van der Waals surface area contributed by atoms with Gasteiger partial charge in [-0.3, -0.25) is 10.1 Å². The van der Waals surface area contributed by atoms with Gasteiger partial charge in [-0.05, 0) is 6.07 Å². The van der Waals surface area contributed by atoms with Crippen molar-refractivity contribution in [1.29, 1.82) is 5.26 Å². The number of hydrogen-bond acceptors (Lipinski definition) is 5. The van der Waals surface area contributed by atoms with Gasteiger partial charge in [0.2, 0.25) is 0 Å². The third-order valence-electron chi connectivity index (χ3n) is 1.87. The summed E-state index contributed by atoms with van der Waals surface area (Å²) < 4.78 is 5.17. The average Bonchev–Trinajstić information content (AvgIpc) is 2.29. The SMILES string of the molecule is N#Cc1c(OCCCO)cccc1[N+](=O)[O-]. The molecule has 0 saturated heterocycles. The van der Waals surface area contributed by atoms with Gasteiger partial charge in [0.05, 0.1) is 11.5 Å². The minimum Gasteiger partial charge on any atom is -0.492 e.